The van der Waals surface area contributed by atoms with Crippen molar-refractivity contribution in [1.29, 1.82) is 0 Å². The van der Waals surface area contributed by atoms with E-state index in [0.717, 1.165) is 30.6 Å². The van der Waals surface area contributed by atoms with Crippen LogP contribution >= 0.6 is 0 Å². The lowest BCUT2D eigenvalue weighted by Gasteiger charge is -2.32. The summed E-state index contributed by atoms with van der Waals surface area (Å²) in [7, 11) is 0. The Morgan fingerprint density at radius 3 is 2.89 bits per heavy atom. The fraction of sp³-hybridized carbons (Fsp3) is 0.500. The second-order valence-corrected chi connectivity index (χ2v) is 5.80. The molecule has 1 aliphatic heterocycles. The molecule has 1 aromatic rings. The lowest BCUT2D eigenvalue weighted by atomic mass is 9.95. The number of benzene rings is 1. The number of likely N-dealkylation sites (tertiary alicyclic amines) is 1. The summed E-state index contributed by atoms with van der Waals surface area (Å²) in [6.07, 6.45) is 2.63. The number of hydrogen-bond acceptors (Lipinski definition) is 2. The molecule has 100 valence electrons. The number of rotatable bonds is 1. The molecule has 3 rings (SSSR count). The lowest BCUT2D eigenvalue weighted by molar-refractivity contribution is -0.134. The molecule has 0 aromatic heterocycles. The monoisotopic (exact) mass is 257 g/mol. The zero-order chi connectivity index (χ0) is 13.4. The third-order valence-corrected chi connectivity index (χ3v) is 4.29. The second-order valence-electron chi connectivity index (χ2n) is 5.80. The van der Waals surface area contributed by atoms with Crippen molar-refractivity contribution in [2.24, 2.45) is 5.92 Å². The average molecular weight is 257 g/mol. The van der Waals surface area contributed by atoms with Crippen molar-refractivity contribution >= 4 is 11.7 Å². The number of hydrogen-bond donors (Lipinski definition) is 0. The van der Waals surface area contributed by atoms with Gasteiger partial charge in [0.2, 0.25) is 5.91 Å². The summed E-state index contributed by atoms with van der Waals surface area (Å²) < 4.78 is 0. The summed E-state index contributed by atoms with van der Waals surface area (Å²) >= 11 is 0. The summed E-state index contributed by atoms with van der Waals surface area (Å²) in [6.45, 7) is 3.87. The van der Waals surface area contributed by atoms with Crippen LogP contribution in [0.4, 0.5) is 0 Å². The molecular weight excluding hydrogens is 238 g/mol. The highest BCUT2D eigenvalue weighted by Crippen LogP contribution is 2.35. The first-order chi connectivity index (χ1) is 9.16. The Kier molecular flexibility index (Phi) is 3.13. The van der Waals surface area contributed by atoms with Crippen LogP contribution in [0.2, 0.25) is 0 Å². The molecule has 1 fully saturated rings. The minimum atomic E-state index is -0.242. The Hall–Kier alpha value is -1.64. The fourth-order valence-electron chi connectivity index (χ4n) is 3.29. The van der Waals surface area contributed by atoms with Crippen LogP contribution in [0.15, 0.2) is 24.3 Å². The summed E-state index contributed by atoms with van der Waals surface area (Å²) in [5.41, 5.74) is 1.67. The van der Waals surface area contributed by atoms with Crippen LogP contribution < -0.4 is 0 Å². The SMILES string of the molecule is CC1CCCN(C(=O)C2CC(=O)c3ccccc32)C1. The molecule has 1 saturated heterocycles. The summed E-state index contributed by atoms with van der Waals surface area (Å²) in [5.74, 6) is 0.586. The smallest absolute Gasteiger partial charge is 0.230 e. The van der Waals surface area contributed by atoms with Crippen LogP contribution in [0.3, 0.4) is 0 Å². The van der Waals surface area contributed by atoms with Crippen molar-refractivity contribution < 1.29 is 9.59 Å². The van der Waals surface area contributed by atoms with E-state index in [1.807, 2.05) is 29.2 Å². The summed E-state index contributed by atoms with van der Waals surface area (Å²) in [6, 6.07) is 7.54. The van der Waals surface area contributed by atoms with Crippen molar-refractivity contribution in [1.82, 2.24) is 4.90 Å². The van der Waals surface area contributed by atoms with Crippen LogP contribution in [0.5, 0.6) is 0 Å². The minimum absolute atomic E-state index is 0.110. The molecule has 3 nitrogen and oxygen atoms in total. The quantitative estimate of drug-likeness (QED) is 0.775. The maximum absolute atomic E-state index is 12.6. The van der Waals surface area contributed by atoms with Gasteiger partial charge in [-0.2, -0.15) is 0 Å². The van der Waals surface area contributed by atoms with Crippen LogP contribution in [-0.4, -0.2) is 29.7 Å². The third-order valence-electron chi connectivity index (χ3n) is 4.29. The number of Topliss-reactive ketones (excluding diaryl/α,β-unsaturated/α-hetero) is 1. The molecule has 1 heterocycles. The van der Waals surface area contributed by atoms with Crippen molar-refractivity contribution in [3.63, 3.8) is 0 Å². The molecule has 0 spiro atoms. The van der Waals surface area contributed by atoms with Gasteiger partial charge in [0, 0.05) is 25.1 Å². The highest BCUT2D eigenvalue weighted by Gasteiger charge is 2.36. The maximum atomic E-state index is 12.6. The largest absolute Gasteiger partial charge is 0.342 e. The van der Waals surface area contributed by atoms with Crippen molar-refractivity contribution in [2.75, 3.05) is 13.1 Å². The second kappa shape index (κ2) is 4.80. The molecule has 1 aromatic carbocycles. The number of amides is 1. The van der Waals surface area contributed by atoms with E-state index in [1.165, 1.54) is 6.42 Å². The van der Waals surface area contributed by atoms with Crippen LogP contribution in [0, 0.1) is 5.92 Å². The summed E-state index contributed by atoms with van der Waals surface area (Å²) in [4.78, 5) is 26.5. The highest BCUT2D eigenvalue weighted by atomic mass is 16.2. The van der Waals surface area contributed by atoms with Gasteiger partial charge in [0.15, 0.2) is 5.78 Å². The van der Waals surface area contributed by atoms with Crippen LogP contribution in [0.1, 0.15) is 48.0 Å². The molecule has 1 aliphatic carbocycles. The number of ketones is 1. The molecule has 0 radical (unpaired) electrons. The normalized spacial score (nSPS) is 26.4. The van der Waals surface area contributed by atoms with Crippen molar-refractivity contribution in [3.05, 3.63) is 35.4 Å². The molecule has 0 N–H and O–H groups in total. The van der Waals surface area contributed by atoms with E-state index in [0.29, 0.717) is 12.3 Å². The van der Waals surface area contributed by atoms with Crippen LogP contribution in [-0.2, 0) is 4.79 Å². The molecule has 3 heteroatoms. The van der Waals surface area contributed by atoms with E-state index in [2.05, 4.69) is 6.92 Å². The van der Waals surface area contributed by atoms with E-state index in [4.69, 9.17) is 0 Å². The minimum Gasteiger partial charge on any atom is -0.342 e. The number of nitrogens with zero attached hydrogens (tertiary/aromatic N) is 1. The number of fused-ring (bicyclic) bond motifs is 1. The first-order valence-corrected chi connectivity index (χ1v) is 7.07. The Balaban J connectivity index is 1.84. The van der Waals surface area contributed by atoms with Gasteiger partial charge in [0.1, 0.15) is 0 Å². The zero-order valence-electron chi connectivity index (χ0n) is 11.3. The molecule has 19 heavy (non-hydrogen) atoms. The van der Waals surface area contributed by atoms with E-state index >= 15 is 0 Å². The highest BCUT2D eigenvalue weighted by molar-refractivity contribution is 6.06. The van der Waals surface area contributed by atoms with Crippen LogP contribution in [0.25, 0.3) is 0 Å². The van der Waals surface area contributed by atoms with Gasteiger partial charge in [0.05, 0.1) is 5.92 Å². The average Bonchev–Trinajstić information content (AvgIpc) is 2.76. The molecule has 0 bridgehead atoms. The first kappa shape index (κ1) is 12.4. The molecule has 1 amide bonds. The Morgan fingerprint density at radius 2 is 2.11 bits per heavy atom. The Morgan fingerprint density at radius 1 is 1.32 bits per heavy atom. The third kappa shape index (κ3) is 2.18. The molecular formula is C16H19NO2. The Labute approximate surface area is 113 Å². The van der Waals surface area contributed by atoms with Crippen molar-refractivity contribution in [2.45, 2.75) is 32.1 Å². The van der Waals surface area contributed by atoms with Gasteiger partial charge < -0.3 is 4.90 Å². The predicted molar refractivity (Wildman–Crippen MR) is 73.1 cm³/mol. The van der Waals surface area contributed by atoms with E-state index in [1.54, 1.807) is 0 Å². The number of carbonyl (C=O) groups is 2. The van der Waals surface area contributed by atoms with Gasteiger partial charge in [0.25, 0.3) is 0 Å². The molecule has 0 saturated carbocycles. The molecule has 2 atom stereocenters. The Bertz CT molecular complexity index is 523. The molecule has 2 unspecified atom stereocenters. The van der Waals surface area contributed by atoms with Gasteiger partial charge in [-0.05, 0) is 24.3 Å². The summed E-state index contributed by atoms with van der Waals surface area (Å²) in [5, 5.41) is 0. The van der Waals surface area contributed by atoms with Crippen molar-refractivity contribution in [3.8, 4) is 0 Å². The van der Waals surface area contributed by atoms with Gasteiger partial charge in [-0.25, -0.2) is 0 Å². The topological polar surface area (TPSA) is 37.4 Å². The standard InChI is InChI=1S/C16H19NO2/c1-11-5-4-8-17(10-11)16(19)14-9-15(18)13-7-3-2-6-12(13)14/h2-3,6-7,11,14H,4-5,8-10H2,1H3. The van der Waals surface area contributed by atoms with Gasteiger partial charge in [-0.15, -0.1) is 0 Å². The predicted octanol–water partition coefficient (Wildman–Crippen LogP) is 2.62. The van der Waals surface area contributed by atoms with E-state index in [-0.39, 0.29) is 17.6 Å². The number of carbonyl (C=O) groups excluding carboxylic acids is 2. The fourth-order valence-corrected chi connectivity index (χ4v) is 3.29. The molecule has 2 aliphatic rings. The zero-order valence-corrected chi connectivity index (χ0v) is 11.3. The lowest BCUT2D eigenvalue weighted by Crippen LogP contribution is -2.41. The van der Waals surface area contributed by atoms with Gasteiger partial charge in [-0.3, -0.25) is 9.59 Å². The van der Waals surface area contributed by atoms with Gasteiger partial charge in [-0.1, -0.05) is 31.2 Å². The maximum Gasteiger partial charge on any atom is 0.230 e. The van der Waals surface area contributed by atoms with E-state index in [9.17, 15) is 9.59 Å². The first-order valence-electron chi connectivity index (χ1n) is 7.07. The number of piperidine rings is 1. The van der Waals surface area contributed by atoms with Gasteiger partial charge >= 0.3 is 0 Å². The van der Waals surface area contributed by atoms with E-state index < -0.39 is 0 Å².